The number of aromatic nitrogens is 5. The van der Waals surface area contributed by atoms with Gasteiger partial charge in [0, 0.05) is 47.6 Å². The summed E-state index contributed by atoms with van der Waals surface area (Å²) in [6.45, 7) is 0.556. The Balaban J connectivity index is 1.87. The number of hydrogen-bond acceptors (Lipinski definition) is 4. The molecule has 120 valence electrons. The van der Waals surface area contributed by atoms with Gasteiger partial charge >= 0.3 is 0 Å². The molecule has 8 heteroatoms. The lowest BCUT2D eigenvalue weighted by molar-refractivity contribution is -0.109. The van der Waals surface area contributed by atoms with Crippen LogP contribution in [0.1, 0.15) is 5.69 Å². The summed E-state index contributed by atoms with van der Waals surface area (Å²) in [6.07, 6.45) is 6.44. The van der Waals surface area contributed by atoms with E-state index in [0.717, 1.165) is 33.4 Å². The fourth-order valence-corrected chi connectivity index (χ4v) is 3.06. The molecular formula is C16H13ClN6O. The fraction of sp³-hybridized carbons (Fsp3) is 0.125. The van der Waals surface area contributed by atoms with Crippen LogP contribution in [0.3, 0.4) is 0 Å². The predicted octanol–water partition coefficient (Wildman–Crippen LogP) is 2.21. The summed E-state index contributed by atoms with van der Waals surface area (Å²) in [6, 6.07) is 5.82. The first-order valence-corrected chi connectivity index (χ1v) is 7.78. The number of carbonyl (C=O) groups is 1. The third-order valence-electron chi connectivity index (χ3n) is 3.86. The van der Waals surface area contributed by atoms with Gasteiger partial charge in [0.25, 0.3) is 0 Å². The van der Waals surface area contributed by atoms with E-state index in [9.17, 15) is 4.79 Å². The molecule has 0 unspecified atom stereocenters. The molecule has 24 heavy (non-hydrogen) atoms. The molecule has 0 bridgehead atoms. The van der Waals surface area contributed by atoms with Crippen LogP contribution in [0.4, 0.5) is 0 Å². The number of pyridine rings is 1. The minimum atomic E-state index is 0.554. The van der Waals surface area contributed by atoms with E-state index in [2.05, 4.69) is 25.5 Å². The van der Waals surface area contributed by atoms with E-state index in [1.165, 1.54) is 0 Å². The maximum Gasteiger partial charge on any atom is 0.207 e. The Morgan fingerprint density at radius 3 is 3.12 bits per heavy atom. The Kier molecular flexibility index (Phi) is 3.62. The smallest absolute Gasteiger partial charge is 0.207 e. The number of nitrogens with zero attached hydrogens (tertiary/aromatic N) is 4. The topological polar surface area (TPSA) is 88.0 Å². The summed E-state index contributed by atoms with van der Waals surface area (Å²) in [5.74, 6) is 0. The van der Waals surface area contributed by atoms with Crippen molar-refractivity contribution in [2.24, 2.45) is 0 Å². The standard InChI is InChI=1S/C16H13ClN6O/c17-13-8-19-16-11(6-10(22-16)3-5-18-9-24)15(13)12-7-21-23-14(12)2-1-4-20-23/h1-2,4,6-9H,3,5H2,(H,18,24)(H,19,22). The quantitative estimate of drug-likeness (QED) is 0.430. The van der Waals surface area contributed by atoms with E-state index in [1.54, 1.807) is 23.2 Å². The number of aromatic amines is 1. The van der Waals surface area contributed by atoms with Crippen LogP contribution in [-0.4, -0.2) is 37.8 Å². The van der Waals surface area contributed by atoms with E-state index in [0.29, 0.717) is 24.4 Å². The lowest BCUT2D eigenvalue weighted by Gasteiger charge is -2.04. The Bertz CT molecular complexity index is 1040. The third kappa shape index (κ3) is 2.39. The summed E-state index contributed by atoms with van der Waals surface area (Å²) in [5, 5.41) is 12.6. The van der Waals surface area contributed by atoms with Crippen molar-refractivity contribution in [3.05, 3.63) is 47.5 Å². The molecule has 7 nitrogen and oxygen atoms in total. The van der Waals surface area contributed by atoms with Gasteiger partial charge in [0.2, 0.25) is 6.41 Å². The highest BCUT2D eigenvalue weighted by molar-refractivity contribution is 6.35. The van der Waals surface area contributed by atoms with Crippen molar-refractivity contribution in [3.63, 3.8) is 0 Å². The Morgan fingerprint density at radius 2 is 2.25 bits per heavy atom. The van der Waals surface area contributed by atoms with Crippen molar-refractivity contribution < 1.29 is 4.79 Å². The number of hydrogen-bond donors (Lipinski definition) is 2. The van der Waals surface area contributed by atoms with Crippen LogP contribution in [-0.2, 0) is 11.2 Å². The molecule has 4 heterocycles. The van der Waals surface area contributed by atoms with Crippen LogP contribution in [0.25, 0.3) is 27.7 Å². The van der Waals surface area contributed by atoms with Crippen LogP contribution in [0.15, 0.2) is 36.8 Å². The molecule has 0 aromatic carbocycles. The van der Waals surface area contributed by atoms with Crippen LogP contribution in [0.2, 0.25) is 5.02 Å². The Morgan fingerprint density at radius 1 is 1.33 bits per heavy atom. The van der Waals surface area contributed by atoms with Crippen molar-refractivity contribution in [1.29, 1.82) is 0 Å². The highest BCUT2D eigenvalue weighted by Gasteiger charge is 2.16. The van der Waals surface area contributed by atoms with Gasteiger partial charge in [0.15, 0.2) is 0 Å². The van der Waals surface area contributed by atoms with E-state index in [4.69, 9.17) is 11.6 Å². The summed E-state index contributed by atoms with van der Waals surface area (Å²) >= 11 is 6.44. The molecule has 4 rings (SSSR count). The zero-order valence-electron chi connectivity index (χ0n) is 12.5. The second kappa shape index (κ2) is 5.93. The molecule has 0 aliphatic heterocycles. The van der Waals surface area contributed by atoms with Crippen molar-refractivity contribution in [2.45, 2.75) is 6.42 Å². The van der Waals surface area contributed by atoms with E-state index < -0.39 is 0 Å². The minimum absolute atomic E-state index is 0.554. The molecule has 1 amide bonds. The summed E-state index contributed by atoms with van der Waals surface area (Å²) in [4.78, 5) is 18.0. The molecule has 0 spiro atoms. The summed E-state index contributed by atoms with van der Waals surface area (Å²) in [5.41, 5.74) is 4.37. The van der Waals surface area contributed by atoms with Gasteiger partial charge in [0.1, 0.15) is 5.65 Å². The number of nitrogens with one attached hydrogen (secondary N) is 2. The molecule has 0 fully saturated rings. The largest absolute Gasteiger partial charge is 0.358 e. The normalized spacial score (nSPS) is 11.2. The SMILES string of the molecule is O=CNCCc1cc2c(-c3cnn4ncccc34)c(Cl)cnc2[nH]1. The van der Waals surface area contributed by atoms with Gasteiger partial charge in [-0.3, -0.25) is 4.79 Å². The lowest BCUT2D eigenvalue weighted by atomic mass is 10.1. The van der Waals surface area contributed by atoms with Crippen molar-refractivity contribution in [1.82, 2.24) is 30.1 Å². The Hall–Kier alpha value is -2.93. The van der Waals surface area contributed by atoms with Gasteiger partial charge in [-0.25, -0.2) is 4.98 Å². The van der Waals surface area contributed by atoms with E-state index >= 15 is 0 Å². The number of fused-ring (bicyclic) bond motifs is 2. The maximum atomic E-state index is 10.4. The monoisotopic (exact) mass is 340 g/mol. The van der Waals surface area contributed by atoms with Gasteiger partial charge in [0.05, 0.1) is 16.7 Å². The van der Waals surface area contributed by atoms with Crippen LogP contribution < -0.4 is 5.32 Å². The lowest BCUT2D eigenvalue weighted by Crippen LogP contribution is -2.14. The first-order valence-electron chi connectivity index (χ1n) is 7.40. The molecule has 0 aliphatic carbocycles. The zero-order valence-corrected chi connectivity index (χ0v) is 13.3. The number of halogens is 1. The summed E-state index contributed by atoms with van der Waals surface area (Å²) in [7, 11) is 0. The van der Waals surface area contributed by atoms with Gasteiger partial charge in [-0.1, -0.05) is 11.6 Å². The summed E-state index contributed by atoms with van der Waals surface area (Å²) < 4.78 is 1.57. The highest BCUT2D eigenvalue weighted by Crippen LogP contribution is 2.36. The van der Waals surface area contributed by atoms with Crippen molar-refractivity contribution >= 4 is 34.6 Å². The first kappa shape index (κ1) is 14.6. The first-order chi connectivity index (χ1) is 11.8. The van der Waals surface area contributed by atoms with Gasteiger partial charge in [-0.05, 0) is 18.2 Å². The number of rotatable bonds is 5. The van der Waals surface area contributed by atoms with Crippen LogP contribution in [0, 0.1) is 0 Å². The number of H-pyrrole nitrogens is 1. The number of carbonyl (C=O) groups excluding carboxylic acids is 1. The molecule has 0 radical (unpaired) electrons. The average Bonchev–Trinajstić information content (AvgIpc) is 3.19. The third-order valence-corrected chi connectivity index (χ3v) is 4.15. The molecule has 0 saturated carbocycles. The zero-order chi connectivity index (χ0) is 16.5. The van der Waals surface area contributed by atoms with Crippen LogP contribution >= 0.6 is 11.6 Å². The molecule has 4 aromatic heterocycles. The second-order valence-corrected chi connectivity index (χ2v) is 5.72. The molecular weight excluding hydrogens is 328 g/mol. The molecule has 0 atom stereocenters. The van der Waals surface area contributed by atoms with E-state index in [1.807, 2.05) is 18.2 Å². The average molecular weight is 341 g/mol. The number of amides is 1. The molecule has 2 N–H and O–H groups in total. The van der Waals surface area contributed by atoms with E-state index in [-0.39, 0.29) is 0 Å². The van der Waals surface area contributed by atoms with Gasteiger partial charge in [-0.2, -0.15) is 14.8 Å². The van der Waals surface area contributed by atoms with Crippen molar-refractivity contribution in [3.8, 4) is 11.1 Å². The Labute approximate surface area is 141 Å². The molecule has 4 aromatic rings. The van der Waals surface area contributed by atoms with Gasteiger partial charge < -0.3 is 10.3 Å². The second-order valence-electron chi connectivity index (χ2n) is 5.32. The highest BCUT2D eigenvalue weighted by atomic mass is 35.5. The van der Waals surface area contributed by atoms with Crippen LogP contribution in [0.5, 0.6) is 0 Å². The van der Waals surface area contributed by atoms with Crippen molar-refractivity contribution in [2.75, 3.05) is 6.54 Å². The predicted molar refractivity (Wildman–Crippen MR) is 90.9 cm³/mol. The molecule has 0 saturated heterocycles. The fourth-order valence-electron chi connectivity index (χ4n) is 2.80. The maximum absolute atomic E-state index is 10.4. The molecule has 0 aliphatic rings. The van der Waals surface area contributed by atoms with Gasteiger partial charge in [-0.15, -0.1) is 0 Å². The minimum Gasteiger partial charge on any atom is -0.358 e.